The Labute approximate surface area is 112 Å². The van der Waals surface area contributed by atoms with E-state index >= 15 is 0 Å². The number of piperidine rings is 1. The summed E-state index contributed by atoms with van der Waals surface area (Å²) < 4.78 is 10.5. The van der Waals surface area contributed by atoms with Gasteiger partial charge in [-0.3, -0.25) is 0 Å². The summed E-state index contributed by atoms with van der Waals surface area (Å²) in [5.74, 6) is 0.823. The van der Waals surface area contributed by atoms with E-state index in [-0.39, 0.29) is 0 Å². The highest BCUT2D eigenvalue weighted by molar-refractivity contribution is 4.74. The third kappa shape index (κ3) is 7.31. The van der Waals surface area contributed by atoms with Crippen molar-refractivity contribution in [3.05, 3.63) is 0 Å². The first-order valence-corrected chi connectivity index (χ1v) is 7.36. The van der Waals surface area contributed by atoms with Crippen LogP contribution in [0.3, 0.4) is 0 Å². The monoisotopic (exact) mass is 258 g/mol. The van der Waals surface area contributed by atoms with Crippen LogP contribution < -0.4 is 5.32 Å². The molecular formula is C14H30N2O2. The van der Waals surface area contributed by atoms with Crippen molar-refractivity contribution in [2.45, 2.75) is 26.2 Å². The highest BCUT2D eigenvalue weighted by Gasteiger charge is 2.18. The fraction of sp³-hybridized carbons (Fsp3) is 1.00. The Hall–Kier alpha value is -0.160. The molecule has 1 atom stereocenters. The second-order valence-corrected chi connectivity index (χ2v) is 5.12. The molecule has 0 aromatic carbocycles. The molecule has 108 valence electrons. The molecule has 18 heavy (non-hydrogen) atoms. The Morgan fingerprint density at radius 3 is 2.94 bits per heavy atom. The zero-order valence-electron chi connectivity index (χ0n) is 12.1. The summed E-state index contributed by atoms with van der Waals surface area (Å²) in [4.78, 5) is 2.54. The molecule has 0 aromatic rings. The van der Waals surface area contributed by atoms with Crippen LogP contribution in [0, 0.1) is 5.92 Å². The molecule has 1 saturated heterocycles. The topological polar surface area (TPSA) is 33.7 Å². The standard InChI is InChI=1S/C14H30N2O2/c1-3-6-15-12-14-5-4-7-16(13-14)8-9-18-11-10-17-2/h14-15H,3-13H2,1-2H3. The molecule has 1 rings (SSSR count). The Morgan fingerprint density at radius 2 is 2.17 bits per heavy atom. The van der Waals surface area contributed by atoms with Gasteiger partial charge in [0.05, 0.1) is 19.8 Å². The fourth-order valence-corrected chi connectivity index (χ4v) is 2.44. The van der Waals surface area contributed by atoms with Crippen LogP contribution in [0.1, 0.15) is 26.2 Å². The molecule has 1 unspecified atom stereocenters. The SMILES string of the molecule is CCCNCC1CCCN(CCOCCOC)C1. The van der Waals surface area contributed by atoms with Crippen molar-refractivity contribution in [3.63, 3.8) is 0 Å². The lowest BCUT2D eigenvalue weighted by Crippen LogP contribution is -2.41. The van der Waals surface area contributed by atoms with Crippen LogP contribution in [0.2, 0.25) is 0 Å². The smallest absolute Gasteiger partial charge is 0.0700 e. The Morgan fingerprint density at radius 1 is 1.28 bits per heavy atom. The highest BCUT2D eigenvalue weighted by atomic mass is 16.5. The quantitative estimate of drug-likeness (QED) is 0.600. The first-order chi connectivity index (χ1) is 8.86. The summed E-state index contributed by atoms with van der Waals surface area (Å²) in [6, 6.07) is 0. The van der Waals surface area contributed by atoms with Gasteiger partial charge < -0.3 is 19.7 Å². The maximum absolute atomic E-state index is 5.53. The van der Waals surface area contributed by atoms with E-state index in [1.807, 2.05) is 0 Å². The number of likely N-dealkylation sites (tertiary alicyclic amines) is 1. The van der Waals surface area contributed by atoms with Gasteiger partial charge in [-0.15, -0.1) is 0 Å². The molecule has 4 heteroatoms. The molecule has 0 radical (unpaired) electrons. The largest absolute Gasteiger partial charge is 0.382 e. The van der Waals surface area contributed by atoms with E-state index in [0.29, 0.717) is 13.2 Å². The van der Waals surface area contributed by atoms with Crippen LogP contribution in [-0.4, -0.2) is 64.6 Å². The minimum atomic E-state index is 0.698. The fourth-order valence-electron chi connectivity index (χ4n) is 2.44. The minimum absolute atomic E-state index is 0.698. The number of methoxy groups -OCH3 is 1. The number of hydrogen-bond acceptors (Lipinski definition) is 4. The van der Waals surface area contributed by atoms with E-state index in [1.165, 1.54) is 38.9 Å². The van der Waals surface area contributed by atoms with Gasteiger partial charge in [0.2, 0.25) is 0 Å². The van der Waals surface area contributed by atoms with E-state index in [0.717, 1.165) is 25.6 Å². The molecule has 0 spiro atoms. The van der Waals surface area contributed by atoms with Gasteiger partial charge >= 0.3 is 0 Å². The molecule has 0 bridgehead atoms. The maximum atomic E-state index is 5.53. The highest BCUT2D eigenvalue weighted by Crippen LogP contribution is 2.15. The molecule has 1 heterocycles. The van der Waals surface area contributed by atoms with Gasteiger partial charge in [0.1, 0.15) is 0 Å². The third-order valence-corrected chi connectivity index (χ3v) is 3.45. The van der Waals surface area contributed by atoms with Crippen molar-refractivity contribution in [1.29, 1.82) is 0 Å². The summed E-state index contributed by atoms with van der Waals surface area (Å²) >= 11 is 0. The molecule has 1 N–H and O–H groups in total. The Bertz CT molecular complexity index is 191. The zero-order chi connectivity index (χ0) is 13.1. The molecule has 1 aliphatic heterocycles. The van der Waals surface area contributed by atoms with Crippen molar-refractivity contribution >= 4 is 0 Å². The second-order valence-electron chi connectivity index (χ2n) is 5.12. The third-order valence-electron chi connectivity index (χ3n) is 3.45. The Kier molecular flexibility index (Phi) is 9.48. The van der Waals surface area contributed by atoms with Crippen molar-refractivity contribution in [2.24, 2.45) is 5.92 Å². The van der Waals surface area contributed by atoms with Gasteiger partial charge in [0.15, 0.2) is 0 Å². The Balaban J connectivity index is 2.03. The van der Waals surface area contributed by atoms with E-state index in [1.54, 1.807) is 7.11 Å². The lowest BCUT2D eigenvalue weighted by atomic mass is 9.98. The average Bonchev–Trinajstić information content (AvgIpc) is 2.39. The first-order valence-electron chi connectivity index (χ1n) is 7.36. The predicted octanol–water partition coefficient (Wildman–Crippen LogP) is 1.36. The van der Waals surface area contributed by atoms with Crippen LogP contribution >= 0.6 is 0 Å². The van der Waals surface area contributed by atoms with Crippen LogP contribution in [0.15, 0.2) is 0 Å². The van der Waals surface area contributed by atoms with Crippen molar-refractivity contribution in [2.75, 3.05) is 59.7 Å². The molecule has 1 fully saturated rings. The number of rotatable bonds is 10. The van der Waals surface area contributed by atoms with Gasteiger partial charge in [-0.05, 0) is 44.8 Å². The van der Waals surface area contributed by atoms with Gasteiger partial charge in [-0.2, -0.15) is 0 Å². The van der Waals surface area contributed by atoms with Crippen molar-refractivity contribution in [1.82, 2.24) is 10.2 Å². The van der Waals surface area contributed by atoms with Gasteiger partial charge in [0.25, 0.3) is 0 Å². The number of nitrogens with one attached hydrogen (secondary N) is 1. The zero-order valence-corrected chi connectivity index (χ0v) is 12.1. The van der Waals surface area contributed by atoms with Crippen molar-refractivity contribution in [3.8, 4) is 0 Å². The molecule has 0 amide bonds. The van der Waals surface area contributed by atoms with Gasteiger partial charge in [0, 0.05) is 20.2 Å². The second kappa shape index (κ2) is 10.7. The summed E-state index contributed by atoms with van der Waals surface area (Å²) in [6.45, 7) is 10.3. The van der Waals surface area contributed by atoms with Gasteiger partial charge in [-0.25, -0.2) is 0 Å². The number of nitrogens with zero attached hydrogens (tertiary/aromatic N) is 1. The van der Waals surface area contributed by atoms with Gasteiger partial charge in [-0.1, -0.05) is 6.92 Å². The molecule has 0 saturated carbocycles. The summed E-state index contributed by atoms with van der Waals surface area (Å²) in [5.41, 5.74) is 0. The molecule has 0 aromatic heterocycles. The van der Waals surface area contributed by atoms with Crippen LogP contribution in [0.5, 0.6) is 0 Å². The lowest BCUT2D eigenvalue weighted by Gasteiger charge is -2.32. The minimum Gasteiger partial charge on any atom is -0.382 e. The van der Waals surface area contributed by atoms with Crippen LogP contribution in [-0.2, 0) is 9.47 Å². The van der Waals surface area contributed by atoms with Crippen molar-refractivity contribution < 1.29 is 9.47 Å². The molecule has 4 nitrogen and oxygen atoms in total. The molecule has 0 aliphatic carbocycles. The maximum Gasteiger partial charge on any atom is 0.0700 e. The molecule has 1 aliphatic rings. The summed E-state index contributed by atoms with van der Waals surface area (Å²) in [6.07, 6.45) is 3.93. The summed E-state index contributed by atoms with van der Waals surface area (Å²) in [5, 5.41) is 3.53. The normalized spacial score (nSPS) is 21.3. The lowest BCUT2D eigenvalue weighted by molar-refractivity contribution is 0.0494. The summed E-state index contributed by atoms with van der Waals surface area (Å²) in [7, 11) is 1.71. The predicted molar refractivity (Wildman–Crippen MR) is 75.0 cm³/mol. The van der Waals surface area contributed by atoms with Crippen LogP contribution in [0.4, 0.5) is 0 Å². The van der Waals surface area contributed by atoms with E-state index in [2.05, 4.69) is 17.1 Å². The van der Waals surface area contributed by atoms with E-state index in [4.69, 9.17) is 9.47 Å². The van der Waals surface area contributed by atoms with E-state index < -0.39 is 0 Å². The van der Waals surface area contributed by atoms with E-state index in [9.17, 15) is 0 Å². The average molecular weight is 258 g/mol. The number of hydrogen-bond donors (Lipinski definition) is 1. The van der Waals surface area contributed by atoms with Crippen LogP contribution in [0.25, 0.3) is 0 Å². The number of ether oxygens (including phenoxy) is 2. The molecular weight excluding hydrogens is 228 g/mol. The first kappa shape index (κ1) is 15.9.